The molecule has 2 aromatic rings. The average Bonchev–Trinajstić information content (AvgIpc) is 3.17. The molecular weight excluding hydrogens is 274 g/mol. The van der Waals surface area contributed by atoms with Crippen molar-refractivity contribution in [1.82, 2.24) is 19.9 Å². The second-order valence-electron chi connectivity index (χ2n) is 6.17. The zero-order valence-corrected chi connectivity index (χ0v) is 13.9. The lowest BCUT2D eigenvalue weighted by molar-refractivity contribution is 0.616. The van der Waals surface area contributed by atoms with Crippen molar-refractivity contribution in [3.05, 3.63) is 23.5 Å². The molecule has 1 aliphatic rings. The molecule has 0 bridgehead atoms. The Morgan fingerprint density at radius 2 is 2.14 bits per heavy atom. The molecule has 2 aromatic heterocycles. The fraction of sp³-hybridized carbons (Fsp3) is 0.647. The van der Waals surface area contributed by atoms with E-state index in [1.807, 2.05) is 4.52 Å². The van der Waals surface area contributed by atoms with E-state index < -0.39 is 0 Å². The van der Waals surface area contributed by atoms with Gasteiger partial charge < -0.3 is 10.6 Å². The molecule has 2 N–H and O–H groups in total. The molecule has 0 aliphatic carbocycles. The summed E-state index contributed by atoms with van der Waals surface area (Å²) in [6, 6.07) is 4.79. The molecule has 0 saturated carbocycles. The van der Waals surface area contributed by atoms with Gasteiger partial charge in [-0.15, -0.1) is 0 Å². The Morgan fingerprint density at radius 3 is 2.77 bits per heavy atom. The van der Waals surface area contributed by atoms with Crippen LogP contribution in [0.2, 0.25) is 0 Å². The van der Waals surface area contributed by atoms with Crippen molar-refractivity contribution < 1.29 is 0 Å². The van der Waals surface area contributed by atoms with E-state index in [1.165, 1.54) is 5.69 Å². The Bertz CT molecular complexity index is 623. The zero-order chi connectivity index (χ0) is 15.5. The van der Waals surface area contributed by atoms with Crippen LogP contribution in [-0.4, -0.2) is 33.7 Å². The number of fused-ring (bicyclic) bond motifs is 1. The van der Waals surface area contributed by atoms with Crippen LogP contribution in [0.15, 0.2) is 12.1 Å². The molecule has 0 spiro atoms. The summed E-state index contributed by atoms with van der Waals surface area (Å²) in [5.41, 5.74) is 3.25. The number of anilines is 1. The molecule has 0 radical (unpaired) electrons. The summed E-state index contributed by atoms with van der Waals surface area (Å²) in [6.07, 6.45) is 4.35. The van der Waals surface area contributed by atoms with Crippen LogP contribution in [-0.2, 0) is 6.42 Å². The van der Waals surface area contributed by atoms with Crippen LogP contribution in [0.1, 0.15) is 57.3 Å². The highest BCUT2D eigenvalue weighted by molar-refractivity contribution is 5.51. The van der Waals surface area contributed by atoms with Gasteiger partial charge >= 0.3 is 0 Å². The monoisotopic (exact) mass is 301 g/mol. The van der Waals surface area contributed by atoms with E-state index in [9.17, 15) is 0 Å². The van der Waals surface area contributed by atoms with Gasteiger partial charge in [0, 0.05) is 36.3 Å². The minimum absolute atomic E-state index is 0.483. The van der Waals surface area contributed by atoms with Gasteiger partial charge in [0.1, 0.15) is 5.82 Å². The summed E-state index contributed by atoms with van der Waals surface area (Å²) in [5.74, 6) is 1.60. The molecule has 1 aliphatic heterocycles. The van der Waals surface area contributed by atoms with Gasteiger partial charge in [0.25, 0.3) is 0 Å². The quantitative estimate of drug-likeness (QED) is 0.861. The molecule has 0 aromatic carbocycles. The molecule has 1 fully saturated rings. The van der Waals surface area contributed by atoms with Gasteiger partial charge in [0.2, 0.25) is 0 Å². The first-order valence-electron chi connectivity index (χ1n) is 8.62. The van der Waals surface area contributed by atoms with Gasteiger partial charge in [-0.05, 0) is 32.2 Å². The highest BCUT2D eigenvalue weighted by atomic mass is 15.3. The maximum atomic E-state index is 4.84. The fourth-order valence-corrected chi connectivity index (χ4v) is 3.22. The maximum Gasteiger partial charge on any atom is 0.157 e. The van der Waals surface area contributed by atoms with Gasteiger partial charge in [-0.1, -0.05) is 20.8 Å². The Balaban J connectivity index is 2.00. The summed E-state index contributed by atoms with van der Waals surface area (Å²) in [4.78, 5) is 4.75. The lowest BCUT2D eigenvalue weighted by atomic mass is 10.00. The van der Waals surface area contributed by atoms with Crippen molar-refractivity contribution in [3.8, 4) is 0 Å². The van der Waals surface area contributed by atoms with Crippen molar-refractivity contribution in [1.29, 1.82) is 0 Å². The number of nitrogens with one attached hydrogen (secondary N) is 2. The van der Waals surface area contributed by atoms with E-state index in [4.69, 9.17) is 10.1 Å². The number of nitrogens with zero attached hydrogens (tertiary/aromatic N) is 3. The molecule has 5 heteroatoms. The molecule has 3 heterocycles. The second kappa shape index (κ2) is 6.65. The molecular formula is C17H27N5. The van der Waals surface area contributed by atoms with E-state index in [-0.39, 0.29) is 0 Å². The first-order chi connectivity index (χ1) is 10.7. The summed E-state index contributed by atoms with van der Waals surface area (Å²) in [6.45, 7) is 8.72. The van der Waals surface area contributed by atoms with Crippen molar-refractivity contribution in [3.63, 3.8) is 0 Å². The molecule has 0 amide bonds. The predicted octanol–water partition coefficient (Wildman–Crippen LogP) is 2.97. The first kappa shape index (κ1) is 15.3. The largest absolute Gasteiger partial charge is 0.366 e. The minimum atomic E-state index is 0.483. The average molecular weight is 301 g/mol. The fourth-order valence-electron chi connectivity index (χ4n) is 3.22. The molecule has 3 rings (SSSR count). The number of aryl methyl sites for hydroxylation is 1. The second-order valence-corrected chi connectivity index (χ2v) is 6.17. The minimum Gasteiger partial charge on any atom is -0.366 e. The maximum absolute atomic E-state index is 4.84. The van der Waals surface area contributed by atoms with Crippen LogP contribution in [0, 0.1) is 0 Å². The number of hydrogen-bond donors (Lipinski definition) is 2. The Hall–Kier alpha value is -1.62. The van der Waals surface area contributed by atoms with Crippen molar-refractivity contribution in [2.75, 3.05) is 18.4 Å². The molecule has 1 saturated heterocycles. The van der Waals surface area contributed by atoms with E-state index >= 15 is 0 Å². The number of hydrogen-bond acceptors (Lipinski definition) is 4. The molecule has 22 heavy (non-hydrogen) atoms. The van der Waals surface area contributed by atoms with Crippen LogP contribution >= 0.6 is 0 Å². The molecule has 1 atom stereocenters. The Kier molecular flexibility index (Phi) is 4.62. The zero-order valence-electron chi connectivity index (χ0n) is 13.9. The first-order valence-corrected chi connectivity index (χ1v) is 8.62. The SMILES string of the molecule is CCc1cc(NC2CCNC2)n2nc(C(CC)CC)cc2n1. The summed E-state index contributed by atoms with van der Waals surface area (Å²) in [7, 11) is 0. The number of aromatic nitrogens is 3. The van der Waals surface area contributed by atoms with Gasteiger partial charge in [-0.3, -0.25) is 0 Å². The van der Waals surface area contributed by atoms with E-state index in [2.05, 4.69) is 43.5 Å². The molecule has 1 unspecified atom stereocenters. The Labute approximate surface area is 132 Å². The highest BCUT2D eigenvalue weighted by Crippen LogP contribution is 2.24. The normalized spacial score (nSPS) is 18.5. The third kappa shape index (κ3) is 2.95. The molecule has 120 valence electrons. The lowest BCUT2D eigenvalue weighted by Crippen LogP contribution is -2.24. The van der Waals surface area contributed by atoms with Gasteiger partial charge in [0.15, 0.2) is 5.65 Å². The van der Waals surface area contributed by atoms with Crippen molar-refractivity contribution in [2.45, 2.75) is 58.4 Å². The summed E-state index contributed by atoms with van der Waals surface area (Å²) < 4.78 is 1.99. The third-order valence-corrected chi connectivity index (χ3v) is 4.68. The standard InChI is InChI=1S/C17H27N5/c1-4-12(5-2)15-10-17-19-13(6-3)9-16(22(17)21-15)20-14-7-8-18-11-14/h9-10,12,14,18,20H,4-8,11H2,1-3H3. The van der Waals surface area contributed by atoms with Gasteiger partial charge in [0.05, 0.1) is 5.69 Å². The topological polar surface area (TPSA) is 54.2 Å². The van der Waals surface area contributed by atoms with Gasteiger partial charge in [-0.25, -0.2) is 4.98 Å². The predicted molar refractivity (Wildman–Crippen MR) is 90.6 cm³/mol. The van der Waals surface area contributed by atoms with Crippen molar-refractivity contribution in [2.24, 2.45) is 0 Å². The van der Waals surface area contributed by atoms with Crippen LogP contribution in [0.5, 0.6) is 0 Å². The van der Waals surface area contributed by atoms with Crippen LogP contribution in [0.3, 0.4) is 0 Å². The van der Waals surface area contributed by atoms with E-state index in [0.29, 0.717) is 12.0 Å². The highest BCUT2D eigenvalue weighted by Gasteiger charge is 2.18. The lowest BCUT2D eigenvalue weighted by Gasteiger charge is -2.15. The van der Waals surface area contributed by atoms with Crippen LogP contribution < -0.4 is 10.6 Å². The third-order valence-electron chi connectivity index (χ3n) is 4.68. The van der Waals surface area contributed by atoms with Crippen molar-refractivity contribution >= 4 is 11.5 Å². The van der Waals surface area contributed by atoms with E-state index in [0.717, 1.165) is 55.9 Å². The van der Waals surface area contributed by atoms with Crippen LogP contribution in [0.4, 0.5) is 5.82 Å². The summed E-state index contributed by atoms with van der Waals surface area (Å²) in [5, 5.41) is 11.9. The Morgan fingerprint density at radius 1 is 1.32 bits per heavy atom. The van der Waals surface area contributed by atoms with E-state index in [1.54, 1.807) is 0 Å². The van der Waals surface area contributed by atoms with Gasteiger partial charge in [-0.2, -0.15) is 9.61 Å². The summed E-state index contributed by atoms with van der Waals surface area (Å²) >= 11 is 0. The molecule has 5 nitrogen and oxygen atoms in total. The van der Waals surface area contributed by atoms with Crippen LogP contribution in [0.25, 0.3) is 5.65 Å². The number of rotatable bonds is 6. The smallest absolute Gasteiger partial charge is 0.157 e.